The van der Waals surface area contributed by atoms with Gasteiger partial charge in [0.15, 0.2) is 6.61 Å². The molecule has 1 atom stereocenters. The van der Waals surface area contributed by atoms with Crippen LogP contribution in [0.15, 0.2) is 4.99 Å². The van der Waals surface area contributed by atoms with Crippen molar-refractivity contribution in [1.82, 2.24) is 0 Å². The summed E-state index contributed by atoms with van der Waals surface area (Å²) in [6.07, 6.45) is 1.02. The lowest BCUT2D eigenvalue weighted by Crippen LogP contribution is -2.35. The van der Waals surface area contributed by atoms with Gasteiger partial charge in [-0.15, -0.1) is 0 Å². The standard InChI is InChI=1S/C10H17NO3/c1-7-5-10(3,4)11-9(14-7)6-13-8(2)12/h7H,5-6H2,1-4H3. The molecule has 1 aliphatic heterocycles. The van der Waals surface area contributed by atoms with Gasteiger partial charge in [-0.05, 0) is 20.8 Å². The Morgan fingerprint density at radius 2 is 2.36 bits per heavy atom. The van der Waals surface area contributed by atoms with Crippen LogP contribution in [-0.2, 0) is 14.3 Å². The Hall–Kier alpha value is -1.06. The number of rotatable bonds is 2. The first-order chi connectivity index (χ1) is 6.39. The number of carbonyl (C=O) groups excluding carboxylic acids is 1. The summed E-state index contributed by atoms with van der Waals surface area (Å²) < 4.78 is 10.3. The summed E-state index contributed by atoms with van der Waals surface area (Å²) in [5.41, 5.74) is -0.118. The van der Waals surface area contributed by atoms with Crippen LogP contribution in [0, 0.1) is 0 Å². The van der Waals surface area contributed by atoms with Crippen molar-refractivity contribution in [3.05, 3.63) is 0 Å². The van der Waals surface area contributed by atoms with Crippen LogP contribution >= 0.6 is 0 Å². The number of ether oxygens (including phenoxy) is 2. The highest BCUT2D eigenvalue weighted by molar-refractivity contribution is 5.81. The van der Waals surface area contributed by atoms with Gasteiger partial charge in [0.1, 0.15) is 0 Å². The van der Waals surface area contributed by atoms with Crippen LogP contribution in [0.5, 0.6) is 0 Å². The molecule has 1 heterocycles. The fourth-order valence-corrected chi connectivity index (χ4v) is 1.62. The van der Waals surface area contributed by atoms with E-state index >= 15 is 0 Å². The quantitative estimate of drug-likeness (QED) is 0.634. The van der Waals surface area contributed by atoms with E-state index in [0.29, 0.717) is 5.90 Å². The van der Waals surface area contributed by atoms with Gasteiger partial charge in [-0.2, -0.15) is 0 Å². The van der Waals surface area contributed by atoms with E-state index in [-0.39, 0.29) is 24.2 Å². The number of esters is 1. The summed E-state index contributed by atoms with van der Waals surface area (Å²) in [5, 5.41) is 0. The monoisotopic (exact) mass is 199 g/mol. The van der Waals surface area contributed by atoms with Gasteiger partial charge >= 0.3 is 5.97 Å². The molecule has 0 N–H and O–H groups in total. The summed E-state index contributed by atoms with van der Waals surface area (Å²) in [5.74, 6) is 0.205. The predicted molar refractivity (Wildman–Crippen MR) is 53.3 cm³/mol. The van der Waals surface area contributed by atoms with Gasteiger partial charge in [-0.3, -0.25) is 4.79 Å². The van der Waals surface area contributed by atoms with Crippen LogP contribution in [0.1, 0.15) is 34.1 Å². The fourth-order valence-electron chi connectivity index (χ4n) is 1.62. The van der Waals surface area contributed by atoms with Crippen molar-refractivity contribution in [2.24, 2.45) is 4.99 Å². The first kappa shape index (κ1) is 11.0. The minimum atomic E-state index is -0.313. The average molecular weight is 199 g/mol. The second-order valence-corrected chi connectivity index (χ2v) is 4.23. The second-order valence-electron chi connectivity index (χ2n) is 4.23. The molecule has 1 unspecified atom stereocenters. The van der Waals surface area contributed by atoms with E-state index in [1.165, 1.54) is 6.92 Å². The van der Waals surface area contributed by atoms with Crippen molar-refractivity contribution in [2.75, 3.05) is 6.61 Å². The second kappa shape index (κ2) is 3.98. The highest BCUT2D eigenvalue weighted by Crippen LogP contribution is 2.23. The van der Waals surface area contributed by atoms with Crippen LogP contribution in [0.2, 0.25) is 0 Å². The van der Waals surface area contributed by atoms with Crippen molar-refractivity contribution in [1.29, 1.82) is 0 Å². The fraction of sp³-hybridized carbons (Fsp3) is 0.800. The molecule has 0 aromatic carbocycles. The van der Waals surface area contributed by atoms with Gasteiger partial charge in [0.2, 0.25) is 5.90 Å². The Bertz CT molecular complexity index is 258. The van der Waals surface area contributed by atoms with E-state index in [1.807, 2.05) is 20.8 Å². The third-order valence-corrected chi connectivity index (χ3v) is 1.95. The summed E-state index contributed by atoms with van der Waals surface area (Å²) >= 11 is 0. The Balaban J connectivity index is 2.59. The summed E-state index contributed by atoms with van der Waals surface area (Å²) in [7, 11) is 0. The molecule has 0 bridgehead atoms. The summed E-state index contributed by atoms with van der Waals surface area (Å²) in [6.45, 7) is 7.59. The van der Waals surface area contributed by atoms with Crippen molar-refractivity contribution >= 4 is 11.9 Å². The molecule has 0 saturated carbocycles. The van der Waals surface area contributed by atoms with Gasteiger partial charge in [0.05, 0.1) is 11.6 Å². The molecule has 0 fully saturated rings. The van der Waals surface area contributed by atoms with Crippen molar-refractivity contribution in [2.45, 2.75) is 45.8 Å². The molecule has 4 nitrogen and oxygen atoms in total. The lowest BCUT2D eigenvalue weighted by atomic mass is 9.97. The number of nitrogens with zero attached hydrogens (tertiary/aromatic N) is 1. The summed E-state index contributed by atoms with van der Waals surface area (Å²) in [6, 6.07) is 0. The maximum atomic E-state index is 10.6. The van der Waals surface area contributed by atoms with Gasteiger partial charge < -0.3 is 9.47 Å². The lowest BCUT2D eigenvalue weighted by molar-refractivity contribution is -0.139. The first-order valence-corrected chi connectivity index (χ1v) is 4.78. The molecule has 4 heteroatoms. The van der Waals surface area contributed by atoms with E-state index in [9.17, 15) is 4.79 Å². The van der Waals surface area contributed by atoms with Crippen LogP contribution in [-0.4, -0.2) is 30.1 Å². The van der Waals surface area contributed by atoms with E-state index in [1.54, 1.807) is 0 Å². The normalized spacial score (nSPS) is 24.9. The first-order valence-electron chi connectivity index (χ1n) is 4.78. The highest BCUT2D eigenvalue weighted by Gasteiger charge is 2.28. The van der Waals surface area contributed by atoms with Gasteiger partial charge in [-0.25, -0.2) is 4.99 Å². The molecular weight excluding hydrogens is 182 g/mol. The van der Waals surface area contributed by atoms with Crippen molar-refractivity contribution in [3.8, 4) is 0 Å². The van der Waals surface area contributed by atoms with Gasteiger partial charge in [0, 0.05) is 13.3 Å². The highest BCUT2D eigenvalue weighted by atomic mass is 16.6. The van der Waals surface area contributed by atoms with Gasteiger partial charge in [0.25, 0.3) is 0 Å². The minimum Gasteiger partial charge on any atom is -0.475 e. The molecule has 0 spiro atoms. The van der Waals surface area contributed by atoms with Crippen molar-refractivity contribution in [3.63, 3.8) is 0 Å². The predicted octanol–water partition coefficient (Wildman–Crippen LogP) is 1.54. The minimum absolute atomic E-state index is 0.118. The Labute approximate surface area is 84.3 Å². The van der Waals surface area contributed by atoms with E-state index in [4.69, 9.17) is 9.47 Å². The average Bonchev–Trinajstić information content (AvgIpc) is 1.96. The Morgan fingerprint density at radius 1 is 1.71 bits per heavy atom. The van der Waals surface area contributed by atoms with E-state index in [2.05, 4.69) is 4.99 Å². The van der Waals surface area contributed by atoms with Crippen molar-refractivity contribution < 1.29 is 14.3 Å². The topological polar surface area (TPSA) is 47.9 Å². The van der Waals surface area contributed by atoms with Crippen LogP contribution in [0.4, 0.5) is 0 Å². The maximum Gasteiger partial charge on any atom is 0.303 e. The number of hydrogen-bond acceptors (Lipinski definition) is 4. The molecule has 0 amide bonds. The molecule has 0 aliphatic carbocycles. The lowest BCUT2D eigenvalue weighted by Gasteiger charge is -2.31. The molecule has 1 rings (SSSR count). The Kier molecular flexibility index (Phi) is 3.13. The van der Waals surface area contributed by atoms with Gasteiger partial charge in [-0.1, -0.05) is 0 Å². The smallest absolute Gasteiger partial charge is 0.303 e. The van der Waals surface area contributed by atoms with E-state index < -0.39 is 0 Å². The Morgan fingerprint density at radius 3 is 2.86 bits per heavy atom. The molecule has 14 heavy (non-hydrogen) atoms. The number of aliphatic imine (C=N–C) groups is 1. The van der Waals surface area contributed by atoms with E-state index in [0.717, 1.165) is 6.42 Å². The maximum absolute atomic E-state index is 10.6. The molecular formula is C10H17NO3. The summed E-state index contributed by atoms with van der Waals surface area (Å²) in [4.78, 5) is 15.0. The molecule has 80 valence electrons. The van der Waals surface area contributed by atoms with Crippen LogP contribution < -0.4 is 0 Å². The zero-order valence-corrected chi connectivity index (χ0v) is 9.16. The number of hydrogen-bond donors (Lipinski definition) is 0. The molecule has 0 aromatic heterocycles. The van der Waals surface area contributed by atoms with Crippen LogP contribution in [0.25, 0.3) is 0 Å². The molecule has 0 saturated heterocycles. The number of carbonyl (C=O) groups is 1. The SMILES string of the molecule is CC(=O)OCC1=NC(C)(C)CC(C)O1. The third kappa shape index (κ3) is 3.36. The van der Waals surface area contributed by atoms with Crippen LogP contribution in [0.3, 0.4) is 0 Å². The molecule has 1 aliphatic rings. The molecule has 0 aromatic rings. The third-order valence-electron chi connectivity index (χ3n) is 1.95. The molecule has 0 radical (unpaired) electrons. The largest absolute Gasteiger partial charge is 0.475 e. The zero-order valence-electron chi connectivity index (χ0n) is 9.16. The zero-order chi connectivity index (χ0) is 10.8.